The maximum absolute atomic E-state index is 12.4. The fourth-order valence-electron chi connectivity index (χ4n) is 4.02. The first kappa shape index (κ1) is 22.2. The van der Waals surface area contributed by atoms with Crippen molar-refractivity contribution in [1.29, 1.82) is 0 Å². The van der Waals surface area contributed by atoms with Gasteiger partial charge in [0.25, 0.3) is 5.91 Å². The molecular weight excluding hydrogens is 362 g/mol. The van der Waals surface area contributed by atoms with Crippen molar-refractivity contribution in [2.75, 3.05) is 26.2 Å². The molecule has 3 amide bonds. The number of amides is 3. The summed E-state index contributed by atoms with van der Waals surface area (Å²) in [5.74, 6) is -0.904. The quantitative estimate of drug-likeness (QED) is 0.593. The monoisotopic (exact) mass is 395 g/mol. The number of carbonyl (C=O) groups excluding carboxylic acids is 4. The van der Waals surface area contributed by atoms with E-state index in [0.717, 1.165) is 19.3 Å². The summed E-state index contributed by atoms with van der Waals surface area (Å²) in [5.41, 5.74) is 0. The molecule has 2 aliphatic rings. The Morgan fingerprint density at radius 1 is 1.14 bits per heavy atom. The van der Waals surface area contributed by atoms with Crippen LogP contribution in [0.4, 0.5) is 0 Å². The Labute approximate surface area is 166 Å². The summed E-state index contributed by atoms with van der Waals surface area (Å²) in [4.78, 5) is 49.8. The lowest BCUT2D eigenvalue weighted by molar-refractivity contribution is -0.152. The van der Waals surface area contributed by atoms with Crippen LogP contribution in [0.15, 0.2) is 0 Å². The molecule has 4 atom stereocenters. The molecule has 2 fully saturated rings. The second-order valence-electron chi connectivity index (χ2n) is 8.02. The third kappa shape index (κ3) is 5.94. The minimum atomic E-state index is -0.532. The average Bonchev–Trinajstić information content (AvgIpc) is 3.06. The zero-order valence-corrected chi connectivity index (χ0v) is 17.2. The molecule has 0 radical (unpaired) electrons. The molecule has 0 unspecified atom stereocenters. The van der Waals surface area contributed by atoms with Crippen molar-refractivity contribution in [3.05, 3.63) is 0 Å². The van der Waals surface area contributed by atoms with Crippen molar-refractivity contribution in [3.63, 3.8) is 0 Å². The third-order valence-electron chi connectivity index (χ3n) is 5.92. The van der Waals surface area contributed by atoms with Gasteiger partial charge in [-0.1, -0.05) is 33.6 Å². The smallest absolute Gasteiger partial charge is 0.311 e. The molecule has 8 heteroatoms. The first-order valence-corrected chi connectivity index (χ1v) is 10.3. The Morgan fingerprint density at radius 3 is 2.61 bits per heavy atom. The minimum Gasteiger partial charge on any atom is -0.455 e. The van der Waals surface area contributed by atoms with Gasteiger partial charge in [-0.05, 0) is 24.7 Å². The topological polar surface area (TPSA) is 105 Å². The summed E-state index contributed by atoms with van der Waals surface area (Å²) in [6.45, 7) is 6.64. The molecule has 0 spiro atoms. The highest BCUT2D eigenvalue weighted by Gasteiger charge is 2.42. The van der Waals surface area contributed by atoms with E-state index in [0.29, 0.717) is 24.9 Å². The van der Waals surface area contributed by atoms with E-state index < -0.39 is 24.4 Å². The molecule has 1 saturated heterocycles. The molecule has 1 aliphatic heterocycles. The molecule has 28 heavy (non-hydrogen) atoms. The zero-order valence-electron chi connectivity index (χ0n) is 17.2. The first-order chi connectivity index (χ1) is 13.3. The zero-order chi connectivity index (χ0) is 20.7. The number of likely N-dealkylation sites (tertiary alicyclic amines) is 1. The molecule has 158 valence electrons. The van der Waals surface area contributed by atoms with Gasteiger partial charge in [-0.3, -0.25) is 19.2 Å². The van der Waals surface area contributed by atoms with Gasteiger partial charge >= 0.3 is 5.97 Å². The number of nitrogens with one attached hydrogen (secondary N) is 2. The minimum absolute atomic E-state index is 0.00931. The normalized spacial score (nSPS) is 27.4. The van der Waals surface area contributed by atoms with E-state index in [2.05, 4.69) is 24.5 Å². The molecule has 0 aromatic rings. The fraction of sp³-hybridized carbons (Fsp3) is 0.800. The summed E-state index contributed by atoms with van der Waals surface area (Å²) in [7, 11) is 0. The van der Waals surface area contributed by atoms with Crippen molar-refractivity contribution >= 4 is 23.7 Å². The lowest BCUT2D eigenvalue weighted by Gasteiger charge is -2.39. The molecule has 0 bridgehead atoms. The van der Waals surface area contributed by atoms with Gasteiger partial charge in [-0.15, -0.1) is 0 Å². The van der Waals surface area contributed by atoms with Crippen molar-refractivity contribution in [2.45, 2.75) is 58.9 Å². The van der Waals surface area contributed by atoms with Crippen LogP contribution in [0.3, 0.4) is 0 Å². The van der Waals surface area contributed by atoms with Gasteiger partial charge in [0.05, 0.1) is 12.5 Å². The molecule has 1 heterocycles. The van der Waals surface area contributed by atoms with Gasteiger partial charge in [0.15, 0.2) is 6.61 Å². The SMILES string of the molecule is CCCNC(=O)CNC(=O)COC(=O)[C@@H]1CC(=O)N([C@H]2CCC[C@H](C)[C@@H]2C)C1. The van der Waals surface area contributed by atoms with Crippen LogP contribution in [-0.4, -0.2) is 60.9 Å². The number of hydrogen-bond acceptors (Lipinski definition) is 5. The number of rotatable bonds is 8. The second-order valence-corrected chi connectivity index (χ2v) is 8.02. The highest BCUT2D eigenvalue weighted by Crippen LogP contribution is 2.35. The van der Waals surface area contributed by atoms with E-state index in [1.807, 2.05) is 11.8 Å². The molecule has 1 saturated carbocycles. The van der Waals surface area contributed by atoms with E-state index in [4.69, 9.17) is 4.74 Å². The van der Waals surface area contributed by atoms with Crippen LogP contribution in [0.25, 0.3) is 0 Å². The van der Waals surface area contributed by atoms with Crippen LogP contribution in [0.5, 0.6) is 0 Å². The van der Waals surface area contributed by atoms with Crippen molar-refractivity contribution in [1.82, 2.24) is 15.5 Å². The van der Waals surface area contributed by atoms with Gasteiger partial charge in [-0.25, -0.2) is 0 Å². The maximum atomic E-state index is 12.4. The lowest BCUT2D eigenvalue weighted by Crippen LogP contribution is -2.45. The van der Waals surface area contributed by atoms with Gasteiger partial charge in [-0.2, -0.15) is 0 Å². The summed E-state index contributed by atoms with van der Waals surface area (Å²) in [6, 6.07) is 0.180. The van der Waals surface area contributed by atoms with Gasteiger partial charge < -0.3 is 20.3 Å². The standard InChI is InChI=1S/C20H33N3O5/c1-4-8-21-17(24)10-22-18(25)12-28-20(27)15-9-19(26)23(11-15)16-7-5-6-13(2)14(16)3/h13-16H,4-12H2,1-3H3,(H,21,24)(H,22,25)/t13-,14-,15+,16-/m0/s1. The molecular formula is C20H33N3O5. The van der Waals surface area contributed by atoms with Crippen molar-refractivity contribution < 1.29 is 23.9 Å². The molecule has 0 aromatic heterocycles. The van der Waals surface area contributed by atoms with Crippen LogP contribution in [0, 0.1) is 17.8 Å². The fourth-order valence-corrected chi connectivity index (χ4v) is 4.02. The van der Waals surface area contributed by atoms with Gasteiger partial charge in [0.2, 0.25) is 11.8 Å². The van der Waals surface area contributed by atoms with Crippen LogP contribution in [-0.2, 0) is 23.9 Å². The van der Waals surface area contributed by atoms with Crippen LogP contribution in [0.1, 0.15) is 52.9 Å². The Hall–Kier alpha value is -2.12. The van der Waals surface area contributed by atoms with Crippen LogP contribution in [0.2, 0.25) is 0 Å². The second kappa shape index (κ2) is 10.4. The average molecular weight is 396 g/mol. The predicted octanol–water partition coefficient (Wildman–Crippen LogP) is 0.845. The van der Waals surface area contributed by atoms with Crippen molar-refractivity contribution in [3.8, 4) is 0 Å². The number of hydrogen-bond donors (Lipinski definition) is 2. The number of carbonyl (C=O) groups is 4. The van der Waals surface area contributed by atoms with Crippen LogP contribution >= 0.6 is 0 Å². The van der Waals surface area contributed by atoms with Crippen LogP contribution < -0.4 is 10.6 Å². The predicted molar refractivity (Wildman–Crippen MR) is 103 cm³/mol. The Bertz CT molecular complexity index is 594. The van der Waals surface area contributed by atoms with Gasteiger partial charge in [0, 0.05) is 25.6 Å². The lowest BCUT2D eigenvalue weighted by atomic mass is 9.77. The first-order valence-electron chi connectivity index (χ1n) is 10.3. The maximum Gasteiger partial charge on any atom is 0.311 e. The van der Waals surface area contributed by atoms with E-state index >= 15 is 0 Å². The Kier molecular flexibility index (Phi) is 8.26. The highest BCUT2D eigenvalue weighted by atomic mass is 16.5. The number of nitrogens with zero attached hydrogens (tertiary/aromatic N) is 1. The number of esters is 1. The Morgan fingerprint density at radius 2 is 1.89 bits per heavy atom. The Balaban J connectivity index is 1.75. The third-order valence-corrected chi connectivity index (χ3v) is 5.92. The van der Waals surface area contributed by atoms with E-state index in [1.54, 1.807) is 0 Å². The van der Waals surface area contributed by atoms with E-state index in [-0.39, 0.29) is 30.8 Å². The molecule has 0 aromatic carbocycles. The summed E-state index contributed by atoms with van der Waals surface area (Å²) in [5, 5.41) is 5.05. The summed E-state index contributed by atoms with van der Waals surface area (Å²) in [6.07, 6.45) is 4.20. The molecule has 2 rings (SSSR count). The number of ether oxygens (including phenoxy) is 1. The van der Waals surface area contributed by atoms with E-state index in [1.165, 1.54) is 6.42 Å². The summed E-state index contributed by atoms with van der Waals surface area (Å²) >= 11 is 0. The van der Waals surface area contributed by atoms with Gasteiger partial charge in [0.1, 0.15) is 0 Å². The highest BCUT2D eigenvalue weighted by molar-refractivity contribution is 5.89. The largest absolute Gasteiger partial charge is 0.455 e. The molecule has 2 N–H and O–H groups in total. The van der Waals surface area contributed by atoms with E-state index in [9.17, 15) is 19.2 Å². The van der Waals surface area contributed by atoms with Crippen molar-refractivity contribution in [2.24, 2.45) is 17.8 Å². The molecule has 8 nitrogen and oxygen atoms in total. The summed E-state index contributed by atoms with van der Waals surface area (Å²) < 4.78 is 5.07. The molecule has 1 aliphatic carbocycles.